The van der Waals surface area contributed by atoms with Gasteiger partial charge in [-0.25, -0.2) is 4.79 Å². The molecular formula is C56H72N2O11. The number of hydrogen-bond acceptors (Lipinski definition) is 13. The Bertz CT molecular complexity index is 2500. The number of furan rings is 1. The molecule has 0 aromatic carbocycles. The van der Waals surface area contributed by atoms with Gasteiger partial charge in [0.05, 0.1) is 48.5 Å². The van der Waals surface area contributed by atoms with E-state index in [1.807, 2.05) is 6.07 Å². The first kappa shape index (κ1) is 43.5. The first-order valence-electron chi connectivity index (χ1n) is 27.3. The molecule has 69 heavy (non-hydrogen) atoms. The minimum Gasteiger partial charge on any atom is -0.469 e. The van der Waals surface area contributed by atoms with Crippen molar-refractivity contribution in [2.24, 2.45) is 92.7 Å². The topological polar surface area (TPSA) is 181 Å². The van der Waals surface area contributed by atoms with Gasteiger partial charge in [0.25, 0.3) is 0 Å². The average molecular weight is 949 g/mol. The van der Waals surface area contributed by atoms with Gasteiger partial charge in [0, 0.05) is 41.3 Å². The molecule has 23 atom stereocenters. The van der Waals surface area contributed by atoms with E-state index in [1.165, 1.54) is 5.57 Å². The molecule has 12 fully saturated rings. The van der Waals surface area contributed by atoms with Gasteiger partial charge in [-0.1, -0.05) is 52.7 Å². The van der Waals surface area contributed by atoms with Crippen molar-refractivity contribution in [3.63, 3.8) is 0 Å². The molecule has 14 aliphatic rings. The van der Waals surface area contributed by atoms with Gasteiger partial charge in [-0.3, -0.25) is 14.9 Å². The maximum atomic E-state index is 16.3. The van der Waals surface area contributed by atoms with Crippen molar-refractivity contribution in [3.05, 3.63) is 47.6 Å². The Morgan fingerprint density at radius 1 is 1.00 bits per heavy atom. The molecule has 13 heteroatoms. The van der Waals surface area contributed by atoms with Crippen LogP contribution in [-0.4, -0.2) is 106 Å². The van der Waals surface area contributed by atoms with Crippen molar-refractivity contribution >= 4 is 17.7 Å². The van der Waals surface area contributed by atoms with Gasteiger partial charge in [-0.2, -0.15) is 0 Å². The highest BCUT2D eigenvalue weighted by Crippen LogP contribution is 2.89. The Hall–Kier alpha value is -3.07. The summed E-state index contributed by atoms with van der Waals surface area (Å²) in [5.74, 6) is -0.399. The average Bonchev–Trinajstić information content (AvgIpc) is 3.62. The summed E-state index contributed by atoms with van der Waals surface area (Å²) in [5.41, 5.74) is -4.91. The van der Waals surface area contributed by atoms with Gasteiger partial charge in [-0.15, -0.1) is 0 Å². The molecule has 13 nitrogen and oxygen atoms in total. The molecule has 7 aliphatic heterocycles. The van der Waals surface area contributed by atoms with Gasteiger partial charge in [0.1, 0.15) is 35.8 Å². The number of allylic oxidation sites excluding steroid dienone is 1. The molecule has 5 spiro atoms. The van der Waals surface area contributed by atoms with Gasteiger partial charge >= 0.3 is 11.9 Å². The Morgan fingerprint density at radius 3 is 2.67 bits per heavy atom. The predicted molar refractivity (Wildman–Crippen MR) is 246 cm³/mol. The minimum absolute atomic E-state index is 0.0230. The Morgan fingerprint density at radius 2 is 1.84 bits per heavy atom. The van der Waals surface area contributed by atoms with Crippen LogP contribution < -0.4 is 5.32 Å². The summed E-state index contributed by atoms with van der Waals surface area (Å²) in [4.78, 5) is 48.6. The van der Waals surface area contributed by atoms with E-state index >= 15 is 9.59 Å². The summed E-state index contributed by atoms with van der Waals surface area (Å²) in [6.07, 6.45) is 15.5. The molecule has 7 aliphatic carbocycles. The van der Waals surface area contributed by atoms with Crippen LogP contribution in [-0.2, 0) is 39.8 Å². The van der Waals surface area contributed by atoms with Gasteiger partial charge in [0.15, 0.2) is 11.9 Å². The lowest BCUT2D eigenvalue weighted by atomic mass is 9.32. The number of carbonyl (C=O) groups excluding carboxylic acids is 3. The second-order valence-corrected chi connectivity index (χ2v) is 26.4. The lowest BCUT2D eigenvalue weighted by molar-refractivity contribution is -0.281. The third kappa shape index (κ3) is 4.66. The first-order chi connectivity index (χ1) is 33.2. The largest absolute Gasteiger partial charge is 0.469 e. The molecule has 1 aromatic heterocycles. The monoisotopic (exact) mass is 949 g/mol. The predicted octanol–water partition coefficient (Wildman–Crippen LogP) is 5.80. The highest BCUT2D eigenvalue weighted by Gasteiger charge is 2.97. The van der Waals surface area contributed by atoms with E-state index in [2.05, 4.69) is 56.3 Å². The van der Waals surface area contributed by atoms with E-state index in [0.29, 0.717) is 48.8 Å². The maximum Gasteiger partial charge on any atom is 0.339 e. The quantitative estimate of drug-likeness (QED) is 0.147. The fraction of sp³-hybridized carbons (Fsp3) is 0.804. The third-order valence-corrected chi connectivity index (χ3v) is 24.3. The van der Waals surface area contributed by atoms with E-state index in [-0.39, 0.29) is 66.4 Å². The number of cyclic esters (lactones) is 2. The van der Waals surface area contributed by atoms with E-state index in [9.17, 15) is 20.1 Å². The molecule has 15 rings (SSSR count). The number of nitrogens with zero attached hydrogens (tertiary/aromatic N) is 1. The molecule has 4 N–H and O–H groups in total. The van der Waals surface area contributed by atoms with E-state index in [4.69, 9.17) is 23.4 Å². The summed E-state index contributed by atoms with van der Waals surface area (Å²) < 4.78 is 35.1. The molecule has 7 saturated carbocycles. The molecule has 0 radical (unpaired) electrons. The second-order valence-electron chi connectivity index (χ2n) is 26.4. The van der Waals surface area contributed by atoms with Crippen LogP contribution in [0.25, 0.3) is 0 Å². The zero-order valence-corrected chi connectivity index (χ0v) is 40.8. The molecule has 5 saturated heterocycles. The molecular weight excluding hydrogens is 877 g/mol. The summed E-state index contributed by atoms with van der Waals surface area (Å²) in [7, 11) is 0. The van der Waals surface area contributed by atoms with Crippen molar-refractivity contribution in [2.45, 2.75) is 158 Å². The number of esters is 2. The SMILES string of the molecule is CC(C)[C@H]1CCC[C@]23O[C@]45C(=C[C@@H]12)C[C@@H]1CCC[C@]12C[C@@H]1C[C@@]6(C)[C@H](c7ccoc7C[C@@H]([C@@H]7CC[C@@H]8[C@H](C=CN9CNC[C@@H]89)C7)[C@H](O)CO)OC(=O)[C@H]7O[C@]76[C@]6(C)[C@H](O)C(=O)[C@H]3[C@@]4(COC(=O)[C@@H]25)[C@@H]16. The number of fused-ring (bicyclic) bond motifs is 3. The summed E-state index contributed by atoms with van der Waals surface area (Å²) >= 11 is 0. The second kappa shape index (κ2) is 13.7. The van der Waals surface area contributed by atoms with Gasteiger partial charge < -0.3 is 43.6 Å². The molecule has 372 valence electrons. The van der Waals surface area contributed by atoms with Crippen LogP contribution in [0.1, 0.15) is 122 Å². The molecule has 1 aromatic rings. The standard InChI is InChI=1S/C56H72N2O11/c1-27(2)33-8-6-14-54-37(33)19-32-18-31-7-5-13-52(31)22-30-21-50(3)46(35-12-16-65-40(35)20-36(39(60)24-59)28-9-10-34-29(17-28)11-15-58-26-57-23-38(34)58)67-49(64)47-56(50,68-47)51(4)42(30)53(43(54)41(61)45(51)62)25-66-48(63)44(52)55(32,53)69-54/h11-12,15-16,19,27-31,33-34,36-39,42-47,57,59-60,62H,5-10,13-14,17-18,20-26H2,1-4H3/t28-,29-,30+,31+,33-,34-,36+,37+,38+,39-,42+,43+,44+,45-,46+,47-,50+,51+,52+,53-,54+,55+,56-/m1/s1. The highest BCUT2D eigenvalue weighted by molar-refractivity contribution is 5.94. The minimum atomic E-state index is -1.47. The maximum absolute atomic E-state index is 16.3. The smallest absolute Gasteiger partial charge is 0.339 e. The van der Waals surface area contributed by atoms with Crippen molar-refractivity contribution < 1.29 is 53.1 Å². The van der Waals surface area contributed by atoms with Crippen molar-refractivity contribution in [1.29, 1.82) is 0 Å². The van der Waals surface area contributed by atoms with Crippen LogP contribution in [0.2, 0.25) is 0 Å². The van der Waals surface area contributed by atoms with Crippen molar-refractivity contribution in [1.82, 2.24) is 10.2 Å². The lowest BCUT2D eigenvalue weighted by Crippen LogP contribution is -2.80. The molecule has 0 unspecified atom stereocenters. The van der Waals surface area contributed by atoms with Crippen LogP contribution in [0.15, 0.2) is 40.7 Å². The Balaban J connectivity index is 0.871. The normalized spacial score (nSPS) is 55.0. The fourth-order valence-electron chi connectivity index (χ4n) is 22.4. The number of aliphatic hydroxyl groups is 3. The van der Waals surface area contributed by atoms with E-state index in [0.717, 1.165) is 83.0 Å². The van der Waals surface area contributed by atoms with Gasteiger partial charge in [-0.05, 0) is 141 Å². The van der Waals surface area contributed by atoms with Crippen LogP contribution in [0.4, 0.5) is 0 Å². The zero-order valence-electron chi connectivity index (χ0n) is 40.8. The number of nitrogens with one attached hydrogen (secondary N) is 1. The summed E-state index contributed by atoms with van der Waals surface area (Å²) in [6, 6.07) is 2.38. The van der Waals surface area contributed by atoms with Crippen LogP contribution in [0.5, 0.6) is 0 Å². The number of rotatable bonds is 7. The number of ether oxygens (including phenoxy) is 4. The van der Waals surface area contributed by atoms with E-state index in [1.54, 1.807) is 6.26 Å². The summed E-state index contributed by atoms with van der Waals surface area (Å²) in [5, 5.41) is 39.3. The Kier molecular flexibility index (Phi) is 8.67. The van der Waals surface area contributed by atoms with Gasteiger partial charge in [0.2, 0.25) is 0 Å². The fourth-order valence-corrected chi connectivity index (χ4v) is 22.4. The van der Waals surface area contributed by atoms with E-state index < -0.39 is 80.7 Å². The number of carbonyl (C=O) groups is 3. The number of Topliss-reactive ketones (excluding diaryl/α,β-unsaturated/α-hetero) is 1. The van der Waals surface area contributed by atoms with Crippen molar-refractivity contribution in [3.8, 4) is 0 Å². The number of ketones is 1. The van der Waals surface area contributed by atoms with Crippen LogP contribution in [0, 0.1) is 92.7 Å². The number of aliphatic hydroxyl groups excluding tert-OH is 3. The summed E-state index contributed by atoms with van der Waals surface area (Å²) in [6.45, 7) is 10.4. The van der Waals surface area contributed by atoms with Crippen molar-refractivity contribution in [2.75, 3.05) is 26.4 Å². The lowest BCUT2D eigenvalue weighted by Gasteiger charge is -2.70. The Labute approximate surface area is 404 Å². The number of epoxide rings is 1. The zero-order chi connectivity index (χ0) is 47.2. The highest BCUT2D eigenvalue weighted by atomic mass is 16.7. The van der Waals surface area contributed by atoms with Crippen LogP contribution >= 0.6 is 0 Å². The number of hydrogen-bond donors (Lipinski definition) is 4. The molecule has 0 amide bonds. The molecule has 8 heterocycles. The molecule has 5 bridgehead atoms. The first-order valence-corrected chi connectivity index (χ1v) is 27.3. The third-order valence-electron chi connectivity index (χ3n) is 24.3. The van der Waals surface area contributed by atoms with Crippen LogP contribution in [0.3, 0.4) is 0 Å².